The first kappa shape index (κ1) is 16.0. The van der Waals surface area contributed by atoms with Crippen molar-refractivity contribution in [2.24, 2.45) is 11.7 Å². The average Bonchev–Trinajstić information content (AvgIpc) is 2.98. The van der Waals surface area contributed by atoms with Crippen LogP contribution in [0.4, 0.5) is 5.69 Å². The van der Waals surface area contributed by atoms with E-state index in [4.69, 9.17) is 5.73 Å². The molecule has 4 heteroatoms. The van der Waals surface area contributed by atoms with E-state index >= 15 is 0 Å². The van der Waals surface area contributed by atoms with Crippen LogP contribution < -0.4 is 11.1 Å². The van der Waals surface area contributed by atoms with Gasteiger partial charge in [-0.05, 0) is 49.5 Å². The summed E-state index contributed by atoms with van der Waals surface area (Å²) in [5.41, 5.74) is 8.05. The number of amides is 1. The Kier molecular flexibility index (Phi) is 5.76. The molecule has 116 valence electrons. The summed E-state index contributed by atoms with van der Waals surface area (Å²) < 4.78 is 0. The number of nitrogens with zero attached hydrogens (tertiary/aromatic N) is 1. The number of benzene rings is 1. The van der Waals surface area contributed by atoms with Crippen LogP contribution in [0, 0.1) is 5.92 Å². The fourth-order valence-electron chi connectivity index (χ4n) is 2.68. The van der Waals surface area contributed by atoms with Crippen LogP contribution in [0.15, 0.2) is 24.3 Å². The Labute approximate surface area is 127 Å². The van der Waals surface area contributed by atoms with Crippen LogP contribution >= 0.6 is 0 Å². The first-order valence-electron chi connectivity index (χ1n) is 7.98. The molecule has 1 fully saturated rings. The molecule has 1 aliphatic heterocycles. The van der Waals surface area contributed by atoms with E-state index in [1.807, 2.05) is 19.1 Å². The highest BCUT2D eigenvalue weighted by Gasteiger charge is 2.19. The van der Waals surface area contributed by atoms with E-state index in [1.165, 1.54) is 31.5 Å². The molecule has 21 heavy (non-hydrogen) atoms. The van der Waals surface area contributed by atoms with Crippen molar-refractivity contribution in [2.75, 3.05) is 18.4 Å². The number of anilines is 1. The SMILES string of the molecule is CCC(C)[C@H](N)C(=O)Nc1cccc(CN2CCCC2)c1. The Morgan fingerprint density at radius 1 is 1.38 bits per heavy atom. The lowest BCUT2D eigenvalue weighted by Gasteiger charge is -2.19. The number of hydrogen-bond acceptors (Lipinski definition) is 3. The van der Waals surface area contributed by atoms with Crippen molar-refractivity contribution in [3.63, 3.8) is 0 Å². The van der Waals surface area contributed by atoms with E-state index in [9.17, 15) is 4.79 Å². The van der Waals surface area contributed by atoms with Gasteiger partial charge in [-0.15, -0.1) is 0 Å². The molecule has 0 aliphatic carbocycles. The summed E-state index contributed by atoms with van der Waals surface area (Å²) in [6.07, 6.45) is 3.49. The number of nitrogens with two attached hydrogens (primary N) is 1. The van der Waals surface area contributed by atoms with Crippen molar-refractivity contribution in [1.82, 2.24) is 4.90 Å². The molecule has 1 aromatic carbocycles. The maximum absolute atomic E-state index is 12.1. The molecular formula is C17H27N3O. The summed E-state index contributed by atoms with van der Waals surface area (Å²) in [6.45, 7) is 7.37. The Balaban J connectivity index is 1.95. The van der Waals surface area contributed by atoms with Crippen LogP contribution in [0.3, 0.4) is 0 Å². The summed E-state index contributed by atoms with van der Waals surface area (Å²) in [6, 6.07) is 7.64. The second-order valence-corrected chi connectivity index (χ2v) is 6.08. The van der Waals surface area contributed by atoms with E-state index in [1.54, 1.807) is 0 Å². The molecule has 0 aromatic heterocycles. The zero-order valence-corrected chi connectivity index (χ0v) is 13.1. The van der Waals surface area contributed by atoms with Gasteiger partial charge in [0.1, 0.15) is 0 Å². The van der Waals surface area contributed by atoms with Gasteiger partial charge in [0.2, 0.25) is 5.91 Å². The third-order valence-corrected chi connectivity index (χ3v) is 4.36. The molecule has 4 nitrogen and oxygen atoms in total. The maximum Gasteiger partial charge on any atom is 0.241 e. The largest absolute Gasteiger partial charge is 0.325 e. The second-order valence-electron chi connectivity index (χ2n) is 6.08. The van der Waals surface area contributed by atoms with E-state index in [0.717, 1.165) is 18.7 Å². The van der Waals surface area contributed by atoms with Crippen LogP contribution in [0.25, 0.3) is 0 Å². The van der Waals surface area contributed by atoms with Gasteiger partial charge in [-0.1, -0.05) is 32.4 Å². The lowest BCUT2D eigenvalue weighted by Crippen LogP contribution is -2.40. The van der Waals surface area contributed by atoms with Gasteiger partial charge >= 0.3 is 0 Å². The zero-order valence-electron chi connectivity index (χ0n) is 13.1. The molecule has 2 atom stereocenters. The van der Waals surface area contributed by atoms with E-state index in [-0.39, 0.29) is 11.8 Å². The smallest absolute Gasteiger partial charge is 0.241 e. The fraction of sp³-hybridized carbons (Fsp3) is 0.588. The molecule has 0 spiro atoms. The first-order chi connectivity index (χ1) is 10.1. The predicted molar refractivity (Wildman–Crippen MR) is 87.0 cm³/mol. The van der Waals surface area contributed by atoms with E-state index < -0.39 is 6.04 Å². The highest BCUT2D eigenvalue weighted by molar-refractivity contribution is 5.94. The van der Waals surface area contributed by atoms with Crippen molar-refractivity contribution < 1.29 is 4.79 Å². The Bertz CT molecular complexity index is 469. The number of carbonyl (C=O) groups excluding carboxylic acids is 1. The van der Waals surface area contributed by atoms with Gasteiger partial charge in [-0.3, -0.25) is 9.69 Å². The Morgan fingerprint density at radius 2 is 2.10 bits per heavy atom. The lowest BCUT2D eigenvalue weighted by atomic mass is 9.99. The predicted octanol–water partition coefficient (Wildman–Crippen LogP) is 2.59. The minimum absolute atomic E-state index is 0.0947. The molecule has 1 heterocycles. The van der Waals surface area contributed by atoms with Crippen molar-refractivity contribution in [2.45, 2.75) is 45.7 Å². The van der Waals surface area contributed by atoms with Crippen molar-refractivity contribution in [3.05, 3.63) is 29.8 Å². The lowest BCUT2D eigenvalue weighted by molar-refractivity contribution is -0.118. The summed E-state index contributed by atoms with van der Waals surface area (Å²) in [5, 5.41) is 2.94. The van der Waals surface area contributed by atoms with Gasteiger partial charge in [0.05, 0.1) is 6.04 Å². The molecule has 3 N–H and O–H groups in total. The maximum atomic E-state index is 12.1. The number of carbonyl (C=O) groups is 1. The molecular weight excluding hydrogens is 262 g/mol. The van der Waals surface area contributed by atoms with Gasteiger partial charge in [0.15, 0.2) is 0 Å². The molecule has 0 saturated carbocycles. The van der Waals surface area contributed by atoms with Gasteiger partial charge in [0.25, 0.3) is 0 Å². The monoisotopic (exact) mass is 289 g/mol. The van der Waals surface area contributed by atoms with Gasteiger partial charge in [-0.25, -0.2) is 0 Å². The fourth-order valence-corrected chi connectivity index (χ4v) is 2.68. The molecule has 0 bridgehead atoms. The third kappa shape index (κ3) is 4.55. The topological polar surface area (TPSA) is 58.4 Å². The highest BCUT2D eigenvalue weighted by Crippen LogP contribution is 2.17. The van der Waals surface area contributed by atoms with Crippen LogP contribution in [-0.4, -0.2) is 29.9 Å². The van der Waals surface area contributed by atoms with Gasteiger partial charge in [0, 0.05) is 12.2 Å². The zero-order chi connectivity index (χ0) is 15.2. The van der Waals surface area contributed by atoms with Gasteiger partial charge < -0.3 is 11.1 Å². The second kappa shape index (κ2) is 7.57. The molecule has 1 aromatic rings. The Morgan fingerprint density at radius 3 is 2.76 bits per heavy atom. The summed E-state index contributed by atoms with van der Waals surface area (Å²) in [7, 11) is 0. The molecule has 0 radical (unpaired) electrons. The number of nitrogens with one attached hydrogen (secondary N) is 1. The van der Waals surface area contributed by atoms with Crippen molar-refractivity contribution >= 4 is 11.6 Å². The van der Waals surface area contributed by atoms with Crippen LogP contribution in [0.1, 0.15) is 38.7 Å². The Hall–Kier alpha value is -1.39. The quantitative estimate of drug-likeness (QED) is 0.846. The molecule has 2 rings (SSSR count). The highest BCUT2D eigenvalue weighted by atomic mass is 16.2. The van der Waals surface area contributed by atoms with Crippen molar-refractivity contribution in [1.29, 1.82) is 0 Å². The first-order valence-corrected chi connectivity index (χ1v) is 7.98. The van der Waals surface area contributed by atoms with Crippen molar-refractivity contribution in [3.8, 4) is 0 Å². The minimum Gasteiger partial charge on any atom is -0.325 e. The normalized spacial score (nSPS) is 18.4. The molecule has 1 amide bonds. The number of likely N-dealkylation sites (tertiary alicyclic amines) is 1. The third-order valence-electron chi connectivity index (χ3n) is 4.36. The number of rotatable bonds is 6. The van der Waals surface area contributed by atoms with Crippen LogP contribution in [-0.2, 0) is 11.3 Å². The average molecular weight is 289 g/mol. The standard InChI is InChI=1S/C17H27N3O/c1-3-13(2)16(18)17(21)19-15-8-6-7-14(11-15)12-20-9-4-5-10-20/h6-8,11,13,16H,3-5,9-10,12,18H2,1-2H3,(H,19,21)/t13?,16-/m0/s1. The van der Waals surface area contributed by atoms with E-state index in [2.05, 4.69) is 29.3 Å². The molecule has 1 unspecified atom stereocenters. The minimum atomic E-state index is -0.447. The number of hydrogen-bond donors (Lipinski definition) is 2. The van der Waals surface area contributed by atoms with Gasteiger partial charge in [-0.2, -0.15) is 0 Å². The molecule has 1 aliphatic rings. The van der Waals surface area contributed by atoms with E-state index in [0.29, 0.717) is 0 Å². The van der Waals surface area contributed by atoms with Crippen LogP contribution in [0.2, 0.25) is 0 Å². The summed E-state index contributed by atoms with van der Waals surface area (Å²) in [4.78, 5) is 14.6. The summed E-state index contributed by atoms with van der Waals surface area (Å²) >= 11 is 0. The molecule has 1 saturated heterocycles. The van der Waals surface area contributed by atoms with Crippen LogP contribution in [0.5, 0.6) is 0 Å². The summed E-state index contributed by atoms with van der Waals surface area (Å²) in [5.74, 6) is 0.0976.